The van der Waals surface area contributed by atoms with Crippen LogP contribution in [0.5, 0.6) is 0 Å². The van der Waals surface area contributed by atoms with Gasteiger partial charge >= 0.3 is 0 Å². The highest BCUT2D eigenvalue weighted by Crippen LogP contribution is 2.00. The van der Waals surface area contributed by atoms with E-state index in [9.17, 15) is 4.79 Å². The van der Waals surface area contributed by atoms with Gasteiger partial charge in [-0.25, -0.2) is 0 Å². The molecular weight excluding hydrogens is 158 g/mol. The first-order chi connectivity index (χ1) is 5.52. The minimum Gasteiger partial charge on any atom is -0.396 e. The van der Waals surface area contributed by atoms with Crippen LogP contribution in [0.1, 0.15) is 26.7 Å². The lowest BCUT2D eigenvalue weighted by atomic mass is 10.1. The first kappa shape index (κ1) is 11.4. The zero-order valence-corrected chi connectivity index (χ0v) is 7.63. The predicted molar refractivity (Wildman–Crippen MR) is 45.6 cm³/mol. The van der Waals surface area contributed by atoms with Gasteiger partial charge in [-0.2, -0.15) is 0 Å². The lowest BCUT2D eigenvalue weighted by Gasteiger charge is -2.23. The van der Waals surface area contributed by atoms with E-state index in [0.717, 1.165) is 0 Å². The van der Waals surface area contributed by atoms with Gasteiger partial charge in [0.2, 0.25) is 5.91 Å². The molecule has 0 rings (SSSR count). The van der Waals surface area contributed by atoms with Crippen LogP contribution in [0.4, 0.5) is 0 Å². The first-order valence-corrected chi connectivity index (χ1v) is 4.04. The topological polar surface area (TPSA) is 69.6 Å². The Hall–Kier alpha value is -0.610. The van der Waals surface area contributed by atoms with Crippen LogP contribution >= 0.6 is 0 Å². The number of rotatable bonds is 5. The molecule has 0 aromatic carbocycles. The van der Waals surface area contributed by atoms with Gasteiger partial charge < -0.3 is 15.5 Å². The molecule has 4 nitrogen and oxygen atoms in total. The number of hydrogen-bond acceptors (Lipinski definition) is 3. The van der Waals surface area contributed by atoms with Crippen molar-refractivity contribution in [2.75, 3.05) is 13.2 Å². The number of carbonyl (C=O) groups is 1. The normalized spacial score (nSPS) is 11.3. The second kappa shape index (κ2) is 5.11. The van der Waals surface area contributed by atoms with Crippen LogP contribution in [0, 0.1) is 0 Å². The molecule has 0 atom stereocenters. The van der Waals surface area contributed by atoms with E-state index >= 15 is 0 Å². The highest BCUT2D eigenvalue weighted by Gasteiger charge is 2.18. The SMILES string of the molecule is CC(C)(CO)NC(=O)CCCO. The summed E-state index contributed by atoms with van der Waals surface area (Å²) in [6.07, 6.45) is 0.771. The molecule has 0 aromatic rings. The third-order valence-electron chi connectivity index (χ3n) is 1.44. The highest BCUT2D eigenvalue weighted by atomic mass is 16.3. The van der Waals surface area contributed by atoms with Crippen LogP contribution < -0.4 is 5.32 Å². The Bertz CT molecular complexity index is 145. The number of carbonyl (C=O) groups excluding carboxylic acids is 1. The minimum atomic E-state index is -0.563. The summed E-state index contributed by atoms with van der Waals surface area (Å²) in [5.74, 6) is -0.136. The second-order valence-electron chi connectivity index (χ2n) is 3.42. The van der Waals surface area contributed by atoms with Gasteiger partial charge in [0.1, 0.15) is 0 Å². The van der Waals surface area contributed by atoms with Gasteiger partial charge in [-0.05, 0) is 20.3 Å². The van der Waals surface area contributed by atoms with Crippen LogP contribution in [0.15, 0.2) is 0 Å². The predicted octanol–water partition coefficient (Wildman–Crippen LogP) is -0.354. The largest absolute Gasteiger partial charge is 0.396 e. The third-order valence-corrected chi connectivity index (χ3v) is 1.44. The average Bonchev–Trinajstić information content (AvgIpc) is 2.00. The summed E-state index contributed by atoms with van der Waals surface area (Å²) in [5, 5.41) is 19.9. The molecule has 0 aliphatic carbocycles. The van der Waals surface area contributed by atoms with Crippen molar-refractivity contribution < 1.29 is 15.0 Å². The van der Waals surface area contributed by atoms with Crippen molar-refractivity contribution in [2.24, 2.45) is 0 Å². The Morgan fingerprint density at radius 1 is 1.42 bits per heavy atom. The molecule has 0 aromatic heterocycles. The number of amides is 1. The van der Waals surface area contributed by atoms with Crippen molar-refractivity contribution in [3.05, 3.63) is 0 Å². The second-order valence-corrected chi connectivity index (χ2v) is 3.42. The molecule has 0 unspecified atom stereocenters. The Kier molecular flexibility index (Phi) is 4.85. The summed E-state index contributed by atoms with van der Waals surface area (Å²) in [5.41, 5.74) is -0.563. The Morgan fingerprint density at radius 3 is 2.42 bits per heavy atom. The average molecular weight is 175 g/mol. The van der Waals surface area contributed by atoms with Crippen LogP contribution in [-0.2, 0) is 4.79 Å². The number of aliphatic hydroxyl groups excluding tert-OH is 2. The van der Waals surface area contributed by atoms with E-state index in [-0.39, 0.29) is 19.1 Å². The van der Waals surface area contributed by atoms with Gasteiger partial charge in [0.25, 0.3) is 0 Å². The van der Waals surface area contributed by atoms with E-state index in [1.807, 2.05) is 0 Å². The van der Waals surface area contributed by atoms with Gasteiger partial charge in [0.05, 0.1) is 12.1 Å². The maximum atomic E-state index is 11.0. The molecule has 0 fully saturated rings. The quantitative estimate of drug-likeness (QED) is 0.534. The summed E-state index contributed by atoms with van der Waals surface area (Å²) < 4.78 is 0. The van der Waals surface area contributed by atoms with Crippen LogP contribution in [0.25, 0.3) is 0 Å². The fourth-order valence-electron chi connectivity index (χ4n) is 0.719. The molecule has 0 aliphatic rings. The summed E-state index contributed by atoms with van der Waals surface area (Å²) in [6, 6.07) is 0. The zero-order valence-electron chi connectivity index (χ0n) is 7.63. The van der Waals surface area contributed by atoms with Gasteiger partial charge in [-0.15, -0.1) is 0 Å². The van der Waals surface area contributed by atoms with Crippen molar-refractivity contribution in [1.29, 1.82) is 0 Å². The summed E-state index contributed by atoms with van der Waals surface area (Å²) >= 11 is 0. The van der Waals surface area contributed by atoms with E-state index < -0.39 is 5.54 Å². The molecule has 0 heterocycles. The van der Waals surface area contributed by atoms with Gasteiger partial charge in [0.15, 0.2) is 0 Å². The number of nitrogens with one attached hydrogen (secondary N) is 1. The molecule has 3 N–H and O–H groups in total. The summed E-state index contributed by atoms with van der Waals surface area (Å²) in [7, 11) is 0. The summed E-state index contributed by atoms with van der Waals surface area (Å²) in [4.78, 5) is 11.0. The van der Waals surface area contributed by atoms with Crippen molar-refractivity contribution in [3.63, 3.8) is 0 Å². The van der Waals surface area contributed by atoms with Crippen LogP contribution in [-0.4, -0.2) is 34.9 Å². The van der Waals surface area contributed by atoms with Crippen LogP contribution in [0.2, 0.25) is 0 Å². The van der Waals surface area contributed by atoms with E-state index in [1.165, 1.54) is 0 Å². The van der Waals surface area contributed by atoms with Crippen molar-refractivity contribution >= 4 is 5.91 Å². The fraction of sp³-hybridized carbons (Fsp3) is 0.875. The summed E-state index contributed by atoms with van der Waals surface area (Å²) in [6.45, 7) is 3.42. The first-order valence-electron chi connectivity index (χ1n) is 4.04. The molecule has 0 saturated carbocycles. The van der Waals surface area contributed by atoms with Crippen molar-refractivity contribution in [3.8, 4) is 0 Å². The number of hydrogen-bond donors (Lipinski definition) is 3. The van der Waals surface area contributed by atoms with E-state index in [4.69, 9.17) is 10.2 Å². The minimum absolute atomic E-state index is 0.0208. The molecule has 72 valence electrons. The highest BCUT2D eigenvalue weighted by molar-refractivity contribution is 5.76. The Balaban J connectivity index is 3.68. The lowest BCUT2D eigenvalue weighted by Crippen LogP contribution is -2.46. The lowest BCUT2D eigenvalue weighted by molar-refractivity contribution is -0.123. The number of aliphatic hydroxyl groups is 2. The molecule has 0 bridgehead atoms. The smallest absolute Gasteiger partial charge is 0.220 e. The van der Waals surface area contributed by atoms with E-state index in [0.29, 0.717) is 12.8 Å². The molecule has 1 amide bonds. The van der Waals surface area contributed by atoms with Crippen LogP contribution in [0.3, 0.4) is 0 Å². The van der Waals surface area contributed by atoms with E-state index in [1.54, 1.807) is 13.8 Å². The molecule has 0 spiro atoms. The van der Waals surface area contributed by atoms with Gasteiger partial charge in [-0.1, -0.05) is 0 Å². The van der Waals surface area contributed by atoms with Gasteiger partial charge in [0, 0.05) is 13.0 Å². The Labute approximate surface area is 72.6 Å². The third kappa shape index (κ3) is 5.09. The maximum absolute atomic E-state index is 11.0. The van der Waals surface area contributed by atoms with Crippen molar-refractivity contribution in [2.45, 2.75) is 32.2 Å². The molecular formula is C8H17NO3. The monoisotopic (exact) mass is 175 g/mol. The van der Waals surface area contributed by atoms with Gasteiger partial charge in [-0.3, -0.25) is 4.79 Å². The molecule has 12 heavy (non-hydrogen) atoms. The standard InChI is InChI=1S/C8H17NO3/c1-8(2,6-11)9-7(12)4-3-5-10/h10-11H,3-6H2,1-2H3,(H,9,12). The fourth-order valence-corrected chi connectivity index (χ4v) is 0.719. The molecule has 4 heteroatoms. The van der Waals surface area contributed by atoms with E-state index in [2.05, 4.69) is 5.32 Å². The molecule has 0 saturated heterocycles. The van der Waals surface area contributed by atoms with Crippen molar-refractivity contribution in [1.82, 2.24) is 5.32 Å². The molecule has 0 aliphatic heterocycles. The Morgan fingerprint density at radius 2 is 2.00 bits per heavy atom. The molecule has 0 radical (unpaired) electrons. The zero-order chi connectivity index (χ0) is 9.61. The maximum Gasteiger partial charge on any atom is 0.220 e.